The Labute approximate surface area is 222 Å². The van der Waals surface area contributed by atoms with E-state index in [9.17, 15) is 0 Å². The molecular weight excluding hydrogens is 448 g/mol. The van der Waals surface area contributed by atoms with E-state index in [4.69, 9.17) is 0 Å². The van der Waals surface area contributed by atoms with Crippen LogP contribution in [0.25, 0.3) is 16.8 Å². The summed E-state index contributed by atoms with van der Waals surface area (Å²) in [5.41, 5.74) is 8.20. The van der Waals surface area contributed by atoms with E-state index in [1.807, 2.05) is 13.0 Å². The lowest BCUT2D eigenvalue weighted by atomic mass is 10.0. The standard InChI is InChI=1S/C35H36N2/c1-6-14-30(15-7-2)37(35-22-12-18-27(9-4)32(35)16-8-3)31-25-23-29(24-26-31)36(5)34-21-13-19-28-17-10-11-20-33(28)34/h6-8,10-26H,1,9H2,2-5H3/b15-7-,16-8-,30-14+. The summed E-state index contributed by atoms with van der Waals surface area (Å²) < 4.78 is 0. The van der Waals surface area contributed by atoms with Crippen LogP contribution in [0.1, 0.15) is 31.9 Å². The fourth-order valence-electron chi connectivity index (χ4n) is 4.85. The van der Waals surface area contributed by atoms with Gasteiger partial charge < -0.3 is 9.80 Å². The summed E-state index contributed by atoms with van der Waals surface area (Å²) in [5, 5.41) is 2.49. The molecule has 186 valence electrons. The number of hydrogen-bond donors (Lipinski definition) is 0. The van der Waals surface area contributed by atoms with E-state index in [2.05, 4.69) is 153 Å². The molecule has 0 unspecified atom stereocenters. The zero-order valence-corrected chi connectivity index (χ0v) is 22.4. The molecule has 0 aliphatic heterocycles. The minimum absolute atomic E-state index is 0.972. The molecule has 0 N–H and O–H groups in total. The lowest BCUT2D eigenvalue weighted by molar-refractivity contribution is 1.11. The molecule has 0 fully saturated rings. The number of anilines is 4. The van der Waals surface area contributed by atoms with E-state index >= 15 is 0 Å². The molecule has 2 heteroatoms. The fraction of sp³-hybridized carbons (Fsp3) is 0.143. The van der Waals surface area contributed by atoms with Crippen molar-refractivity contribution in [1.82, 2.24) is 0 Å². The van der Waals surface area contributed by atoms with Crippen LogP contribution in [0.2, 0.25) is 0 Å². The molecule has 2 nitrogen and oxygen atoms in total. The van der Waals surface area contributed by atoms with E-state index in [-0.39, 0.29) is 0 Å². The van der Waals surface area contributed by atoms with Gasteiger partial charge in [-0.1, -0.05) is 86.3 Å². The van der Waals surface area contributed by atoms with E-state index in [1.165, 1.54) is 27.6 Å². The normalized spacial score (nSPS) is 11.9. The number of allylic oxidation sites excluding steroid dienone is 5. The molecule has 0 atom stereocenters. The molecule has 0 radical (unpaired) electrons. The number of benzene rings is 4. The smallest absolute Gasteiger partial charge is 0.0536 e. The van der Waals surface area contributed by atoms with Crippen LogP contribution < -0.4 is 9.80 Å². The molecule has 37 heavy (non-hydrogen) atoms. The first-order valence-corrected chi connectivity index (χ1v) is 12.9. The van der Waals surface area contributed by atoms with Crippen LogP contribution >= 0.6 is 0 Å². The van der Waals surface area contributed by atoms with Crippen LogP contribution in [0.4, 0.5) is 22.7 Å². The maximum absolute atomic E-state index is 3.98. The summed E-state index contributed by atoms with van der Waals surface area (Å²) in [4.78, 5) is 4.57. The summed E-state index contributed by atoms with van der Waals surface area (Å²) in [6, 6.07) is 30.4. The predicted octanol–water partition coefficient (Wildman–Crippen LogP) is 9.99. The quantitative estimate of drug-likeness (QED) is 0.218. The Morgan fingerprint density at radius 1 is 0.784 bits per heavy atom. The van der Waals surface area contributed by atoms with Crippen molar-refractivity contribution in [2.45, 2.75) is 27.2 Å². The van der Waals surface area contributed by atoms with Gasteiger partial charge in [0.15, 0.2) is 0 Å². The molecule has 0 amide bonds. The molecule has 4 rings (SSSR count). The Kier molecular flexibility index (Phi) is 8.43. The zero-order valence-electron chi connectivity index (χ0n) is 22.4. The topological polar surface area (TPSA) is 6.48 Å². The minimum atomic E-state index is 0.972. The first-order chi connectivity index (χ1) is 18.1. The van der Waals surface area contributed by atoms with Gasteiger partial charge in [-0.25, -0.2) is 0 Å². The van der Waals surface area contributed by atoms with Crippen molar-refractivity contribution >= 4 is 39.6 Å². The van der Waals surface area contributed by atoms with Crippen molar-refractivity contribution in [3.8, 4) is 0 Å². The molecule has 0 bridgehead atoms. The van der Waals surface area contributed by atoms with E-state index < -0.39 is 0 Å². The van der Waals surface area contributed by atoms with Gasteiger partial charge in [0.25, 0.3) is 0 Å². The van der Waals surface area contributed by atoms with Gasteiger partial charge in [0.05, 0.1) is 5.69 Å². The highest BCUT2D eigenvalue weighted by molar-refractivity contribution is 5.96. The second kappa shape index (κ2) is 12.1. The summed E-state index contributed by atoms with van der Waals surface area (Å²) in [6.07, 6.45) is 13.4. The molecule has 0 saturated carbocycles. The molecule has 0 spiro atoms. The van der Waals surface area contributed by atoms with E-state index in [0.29, 0.717) is 0 Å². The highest BCUT2D eigenvalue weighted by Gasteiger charge is 2.18. The highest BCUT2D eigenvalue weighted by atomic mass is 15.2. The minimum Gasteiger partial charge on any atom is -0.344 e. The number of hydrogen-bond acceptors (Lipinski definition) is 2. The van der Waals surface area contributed by atoms with E-state index in [0.717, 1.165) is 29.2 Å². The second-order valence-corrected chi connectivity index (χ2v) is 8.94. The number of fused-ring (bicyclic) bond motifs is 1. The zero-order chi connectivity index (χ0) is 26.2. The van der Waals surface area contributed by atoms with Gasteiger partial charge >= 0.3 is 0 Å². The summed E-state index contributed by atoms with van der Waals surface area (Å²) in [7, 11) is 2.13. The summed E-state index contributed by atoms with van der Waals surface area (Å²) in [6.45, 7) is 10.3. The fourth-order valence-corrected chi connectivity index (χ4v) is 4.85. The Morgan fingerprint density at radius 2 is 1.46 bits per heavy atom. The lowest BCUT2D eigenvalue weighted by Gasteiger charge is -2.29. The molecular formula is C35H36N2. The Morgan fingerprint density at radius 3 is 2.16 bits per heavy atom. The van der Waals surface area contributed by atoms with Crippen LogP contribution in [0.3, 0.4) is 0 Å². The monoisotopic (exact) mass is 484 g/mol. The summed E-state index contributed by atoms with van der Waals surface area (Å²) in [5.74, 6) is 0. The van der Waals surface area contributed by atoms with Crippen LogP contribution in [-0.2, 0) is 6.42 Å². The van der Waals surface area contributed by atoms with Gasteiger partial charge in [-0.2, -0.15) is 0 Å². The highest BCUT2D eigenvalue weighted by Crippen LogP contribution is 2.38. The second-order valence-electron chi connectivity index (χ2n) is 8.94. The van der Waals surface area contributed by atoms with Crippen molar-refractivity contribution in [1.29, 1.82) is 0 Å². The first kappa shape index (κ1) is 25.8. The third-order valence-electron chi connectivity index (χ3n) is 6.64. The van der Waals surface area contributed by atoms with Crippen LogP contribution in [0.15, 0.2) is 128 Å². The Hall–Kier alpha value is -4.30. The molecule has 0 aromatic heterocycles. The largest absolute Gasteiger partial charge is 0.344 e. The molecule has 0 aliphatic carbocycles. The van der Waals surface area contributed by atoms with Gasteiger partial charge in [-0.15, -0.1) is 0 Å². The van der Waals surface area contributed by atoms with E-state index in [1.54, 1.807) is 0 Å². The third-order valence-corrected chi connectivity index (χ3v) is 6.64. The van der Waals surface area contributed by atoms with Crippen molar-refractivity contribution in [2.24, 2.45) is 0 Å². The summed E-state index contributed by atoms with van der Waals surface area (Å²) >= 11 is 0. The maximum atomic E-state index is 3.98. The number of aryl methyl sites for hydroxylation is 1. The SMILES string of the molecule is C=C/C=C(\C=C/C)N(c1ccc(N(C)c2cccc3ccccc23)cc1)c1cccc(CC)c1/C=C\C. The van der Waals surface area contributed by atoms with Crippen LogP contribution in [-0.4, -0.2) is 7.05 Å². The molecule has 0 saturated heterocycles. The van der Waals surface area contributed by atoms with Crippen LogP contribution in [0, 0.1) is 0 Å². The molecule has 4 aromatic carbocycles. The van der Waals surface area contributed by atoms with Crippen LogP contribution in [0.5, 0.6) is 0 Å². The predicted molar refractivity (Wildman–Crippen MR) is 164 cm³/mol. The van der Waals surface area contributed by atoms with Crippen molar-refractivity contribution in [3.63, 3.8) is 0 Å². The van der Waals surface area contributed by atoms with Gasteiger partial charge in [-0.05, 0) is 79.8 Å². The maximum Gasteiger partial charge on any atom is 0.0536 e. The Balaban J connectivity index is 1.82. The molecule has 0 aliphatic rings. The first-order valence-electron chi connectivity index (χ1n) is 12.9. The molecule has 0 heterocycles. The van der Waals surface area contributed by atoms with Gasteiger partial charge in [-0.3, -0.25) is 0 Å². The molecule has 4 aromatic rings. The van der Waals surface area contributed by atoms with Gasteiger partial charge in [0.1, 0.15) is 0 Å². The lowest BCUT2D eigenvalue weighted by Crippen LogP contribution is -2.17. The van der Waals surface area contributed by atoms with Crippen molar-refractivity contribution in [2.75, 3.05) is 16.8 Å². The Bertz CT molecular complexity index is 1450. The average molecular weight is 485 g/mol. The third kappa shape index (κ3) is 5.44. The van der Waals surface area contributed by atoms with Gasteiger partial charge in [0.2, 0.25) is 0 Å². The number of nitrogens with zero attached hydrogens (tertiary/aromatic N) is 2. The van der Waals surface area contributed by atoms with Crippen molar-refractivity contribution in [3.05, 3.63) is 139 Å². The number of rotatable bonds is 9. The van der Waals surface area contributed by atoms with Crippen molar-refractivity contribution < 1.29 is 0 Å². The van der Waals surface area contributed by atoms with Gasteiger partial charge in [0, 0.05) is 40.8 Å². The average Bonchev–Trinajstić information content (AvgIpc) is 2.94.